The number of halogens is 2. The average molecular weight is 461 g/mol. The van der Waals surface area contributed by atoms with Gasteiger partial charge in [-0.1, -0.05) is 37.0 Å². The fourth-order valence-electron chi connectivity index (χ4n) is 3.29. The zero-order valence-electron chi connectivity index (χ0n) is 15.8. The van der Waals surface area contributed by atoms with E-state index < -0.39 is 0 Å². The fourth-order valence-corrected chi connectivity index (χ4v) is 4.65. The van der Waals surface area contributed by atoms with Crippen LogP contribution >= 0.6 is 34.5 Å². The van der Waals surface area contributed by atoms with E-state index in [1.165, 1.54) is 16.0 Å². The lowest BCUT2D eigenvalue weighted by Crippen LogP contribution is -2.28. The van der Waals surface area contributed by atoms with Crippen LogP contribution in [0.2, 0.25) is 9.49 Å². The smallest absolute Gasteiger partial charge is 0.291 e. The van der Waals surface area contributed by atoms with E-state index in [9.17, 15) is 4.79 Å². The maximum absolute atomic E-state index is 13.1. The molecule has 152 valence electrons. The van der Waals surface area contributed by atoms with Crippen LogP contribution in [-0.4, -0.2) is 29.4 Å². The molecule has 0 bridgehead atoms. The molecule has 0 aromatic carbocycles. The van der Waals surface area contributed by atoms with Crippen molar-refractivity contribution in [1.82, 2.24) is 29.4 Å². The fraction of sp³-hybridized carbons (Fsp3) is 0.211. The molecule has 0 spiro atoms. The number of aromatic nitrogens is 6. The van der Waals surface area contributed by atoms with Gasteiger partial charge in [0.25, 0.3) is 11.4 Å². The van der Waals surface area contributed by atoms with Gasteiger partial charge in [0, 0.05) is 12.1 Å². The Bertz CT molecular complexity index is 1470. The summed E-state index contributed by atoms with van der Waals surface area (Å²) in [6.45, 7) is 4.08. The molecule has 0 radical (unpaired) electrons. The van der Waals surface area contributed by atoms with Crippen molar-refractivity contribution < 1.29 is 4.42 Å². The Kier molecular flexibility index (Phi) is 4.61. The third kappa shape index (κ3) is 3.10. The van der Waals surface area contributed by atoms with Crippen LogP contribution in [0.25, 0.3) is 27.2 Å². The SMILES string of the molecule is CC(C)c1nn(Cc2nnc(-c3cccnc3Cl)o2)c(=O)c2cc3sc(Cl)cc3n12. The van der Waals surface area contributed by atoms with Crippen LogP contribution in [0.4, 0.5) is 0 Å². The lowest BCUT2D eigenvalue weighted by molar-refractivity contribution is 0.458. The second kappa shape index (κ2) is 7.19. The summed E-state index contributed by atoms with van der Waals surface area (Å²) in [6, 6.07) is 7.16. The molecule has 0 N–H and O–H groups in total. The Balaban J connectivity index is 1.61. The number of hydrogen-bond acceptors (Lipinski definition) is 7. The average Bonchev–Trinajstić information content (AvgIpc) is 3.39. The van der Waals surface area contributed by atoms with E-state index in [0.717, 1.165) is 16.0 Å². The molecule has 0 aliphatic heterocycles. The molecule has 11 heteroatoms. The summed E-state index contributed by atoms with van der Waals surface area (Å²) in [5.74, 6) is 1.29. The minimum atomic E-state index is -0.252. The quantitative estimate of drug-likeness (QED) is 0.363. The van der Waals surface area contributed by atoms with Crippen LogP contribution in [0.15, 0.2) is 39.7 Å². The minimum Gasteiger partial charge on any atom is -0.419 e. The van der Waals surface area contributed by atoms with Crippen molar-refractivity contribution in [3.63, 3.8) is 0 Å². The second-order valence-electron chi connectivity index (χ2n) is 6.98. The number of nitrogens with zero attached hydrogens (tertiary/aromatic N) is 6. The molecule has 5 aromatic heterocycles. The summed E-state index contributed by atoms with van der Waals surface area (Å²) >= 11 is 13.7. The van der Waals surface area contributed by atoms with Crippen molar-refractivity contribution in [1.29, 1.82) is 0 Å². The van der Waals surface area contributed by atoms with Crippen molar-refractivity contribution >= 4 is 50.3 Å². The van der Waals surface area contributed by atoms with Crippen molar-refractivity contribution in [2.24, 2.45) is 0 Å². The first-order valence-electron chi connectivity index (χ1n) is 9.07. The van der Waals surface area contributed by atoms with Gasteiger partial charge in [0.2, 0.25) is 5.89 Å². The van der Waals surface area contributed by atoms with E-state index in [2.05, 4.69) is 20.3 Å². The molecule has 0 aliphatic rings. The van der Waals surface area contributed by atoms with E-state index in [1.807, 2.05) is 30.4 Å². The molecular formula is C19H14Cl2N6O2S. The predicted molar refractivity (Wildman–Crippen MR) is 116 cm³/mol. The largest absolute Gasteiger partial charge is 0.419 e. The van der Waals surface area contributed by atoms with Gasteiger partial charge in [-0.25, -0.2) is 9.67 Å². The molecule has 5 rings (SSSR count). The van der Waals surface area contributed by atoms with Gasteiger partial charge in [-0.3, -0.25) is 9.20 Å². The van der Waals surface area contributed by atoms with Gasteiger partial charge < -0.3 is 4.42 Å². The molecule has 0 aliphatic carbocycles. The van der Waals surface area contributed by atoms with E-state index in [0.29, 0.717) is 15.4 Å². The van der Waals surface area contributed by atoms with Gasteiger partial charge in [-0.2, -0.15) is 5.10 Å². The van der Waals surface area contributed by atoms with Crippen molar-refractivity contribution in [2.75, 3.05) is 0 Å². The molecule has 30 heavy (non-hydrogen) atoms. The van der Waals surface area contributed by atoms with Crippen molar-refractivity contribution in [2.45, 2.75) is 26.3 Å². The summed E-state index contributed by atoms with van der Waals surface area (Å²) in [5, 5.41) is 12.9. The monoisotopic (exact) mass is 460 g/mol. The van der Waals surface area contributed by atoms with Crippen LogP contribution in [0.3, 0.4) is 0 Å². The molecule has 5 heterocycles. The second-order valence-corrected chi connectivity index (χ2v) is 9.06. The summed E-state index contributed by atoms with van der Waals surface area (Å²) in [4.78, 5) is 17.1. The molecule has 5 aromatic rings. The molecule has 0 atom stereocenters. The Labute approximate surface area is 183 Å². The van der Waals surface area contributed by atoms with Gasteiger partial charge in [-0.05, 0) is 24.3 Å². The predicted octanol–water partition coefficient (Wildman–Crippen LogP) is 4.63. The van der Waals surface area contributed by atoms with E-state index in [4.69, 9.17) is 27.6 Å². The first-order valence-corrected chi connectivity index (χ1v) is 10.6. The van der Waals surface area contributed by atoms with Gasteiger partial charge in [-0.15, -0.1) is 21.5 Å². The first kappa shape index (κ1) is 19.2. The Morgan fingerprint density at radius 1 is 1.20 bits per heavy atom. The van der Waals surface area contributed by atoms with Crippen LogP contribution in [-0.2, 0) is 6.54 Å². The highest BCUT2D eigenvalue weighted by Crippen LogP contribution is 2.32. The topological polar surface area (TPSA) is 91.1 Å². The third-order valence-corrected chi connectivity index (χ3v) is 6.12. The molecule has 0 unspecified atom stereocenters. The van der Waals surface area contributed by atoms with Crippen molar-refractivity contribution in [3.05, 3.63) is 62.0 Å². The summed E-state index contributed by atoms with van der Waals surface area (Å²) in [6.07, 6.45) is 1.57. The summed E-state index contributed by atoms with van der Waals surface area (Å²) in [7, 11) is 0. The maximum atomic E-state index is 13.1. The Morgan fingerprint density at radius 3 is 2.80 bits per heavy atom. The van der Waals surface area contributed by atoms with E-state index >= 15 is 0 Å². The molecule has 0 amide bonds. The number of hydrogen-bond donors (Lipinski definition) is 0. The number of thiophene rings is 1. The number of pyridine rings is 1. The highest BCUT2D eigenvalue weighted by Gasteiger charge is 2.20. The molecule has 0 saturated carbocycles. The van der Waals surface area contributed by atoms with Crippen LogP contribution in [0.5, 0.6) is 0 Å². The molecular weight excluding hydrogens is 447 g/mol. The Hall–Kier alpha value is -2.75. The maximum Gasteiger partial charge on any atom is 0.291 e. The molecule has 8 nitrogen and oxygen atoms in total. The van der Waals surface area contributed by atoms with E-state index in [-0.39, 0.29) is 35.0 Å². The highest BCUT2D eigenvalue weighted by molar-refractivity contribution is 7.22. The normalized spacial score (nSPS) is 11.9. The van der Waals surface area contributed by atoms with Gasteiger partial charge in [0.05, 0.1) is 20.1 Å². The molecule has 0 saturated heterocycles. The van der Waals surface area contributed by atoms with Crippen LogP contribution in [0.1, 0.15) is 31.5 Å². The Morgan fingerprint density at radius 2 is 2.03 bits per heavy atom. The minimum absolute atomic E-state index is 0.0412. The number of fused-ring (bicyclic) bond motifs is 3. The van der Waals surface area contributed by atoms with Gasteiger partial charge in [0.15, 0.2) is 0 Å². The molecule has 0 fully saturated rings. The standard InChI is InChI=1S/C19H14Cl2N6O2S/c1-9(2)17-25-26(19(28)12-6-13-11(27(12)17)7-14(20)30-13)8-15-23-24-18(29-15)10-4-3-5-22-16(10)21/h3-7,9H,8H2,1-2H3. The lowest BCUT2D eigenvalue weighted by atomic mass is 10.2. The van der Waals surface area contributed by atoms with Gasteiger partial charge in [0.1, 0.15) is 23.0 Å². The van der Waals surface area contributed by atoms with E-state index in [1.54, 1.807) is 18.3 Å². The number of rotatable bonds is 4. The first-order chi connectivity index (χ1) is 14.4. The van der Waals surface area contributed by atoms with Crippen LogP contribution < -0.4 is 5.56 Å². The van der Waals surface area contributed by atoms with Crippen LogP contribution in [0, 0.1) is 0 Å². The zero-order valence-corrected chi connectivity index (χ0v) is 18.2. The van der Waals surface area contributed by atoms with Crippen molar-refractivity contribution in [3.8, 4) is 11.5 Å². The third-order valence-electron chi connectivity index (χ3n) is 4.62. The van der Waals surface area contributed by atoms with Gasteiger partial charge >= 0.3 is 0 Å². The summed E-state index contributed by atoms with van der Waals surface area (Å²) < 4.78 is 10.5. The summed E-state index contributed by atoms with van der Waals surface area (Å²) in [5.41, 5.74) is 1.69. The highest BCUT2D eigenvalue weighted by atomic mass is 35.5. The lowest BCUT2D eigenvalue weighted by Gasteiger charge is -2.12. The zero-order chi connectivity index (χ0) is 21.0.